The Morgan fingerprint density at radius 1 is 1.09 bits per heavy atom. The Morgan fingerprint density at radius 3 is 2.40 bits per heavy atom. The van der Waals surface area contributed by atoms with Gasteiger partial charge in [-0.2, -0.15) is 23.5 Å². The number of hydrogen-bond donors (Lipinski definition) is 3. The summed E-state index contributed by atoms with van der Waals surface area (Å²) in [4.78, 5) is 26.1. The molecule has 3 aromatic rings. The van der Waals surface area contributed by atoms with Crippen molar-refractivity contribution in [1.29, 1.82) is 5.26 Å². The van der Waals surface area contributed by atoms with E-state index in [-0.39, 0.29) is 23.5 Å². The van der Waals surface area contributed by atoms with Gasteiger partial charge in [0.2, 0.25) is 0 Å². The molecule has 180 valence electrons. The molecule has 0 bridgehead atoms. The van der Waals surface area contributed by atoms with Crippen molar-refractivity contribution in [3.8, 4) is 11.8 Å². The average Bonchev–Trinajstić information content (AvgIpc) is 3.31. The molecule has 35 heavy (non-hydrogen) atoms. The molecule has 0 atom stereocenters. The number of nitrogens with one attached hydrogen (secondary N) is 3. The third-order valence-electron chi connectivity index (χ3n) is 4.88. The summed E-state index contributed by atoms with van der Waals surface area (Å²) in [6, 6.07) is 14.2. The van der Waals surface area contributed by atoms with Crippen LogP contribution in [0.25, 0.3) is 11.4 Å². The quantitative estimate of drug-likeness (QED) is 0.271. The molecule has 0 fully saturated rings. The molecule has 1 heterocycles. The Bertz CT molecular complexity index is 1300. The summed E-state index contributed by atoms with van der Waals surface area (Å²) in [5.41, 5.74) is 0.0388. The highest BCUT2D eigenvalue weighted by molar-refractivity contribution is 6.27. The van der Waals surface area contributed by atoms with Crippen LogP contribution < -0.4 is 16.0 Å². The number of rotatable bonds is 7. The number of carbonyl (C=O) groups excluding carboxylic acids is 2. The molecule has 11 heteroatoms. The van der Waals surface area contributed by atoms with Gasteiger partial charge in [-0.3, -0.25) is 9.59 Å². The van der Waals surface area contributed by atoms with Gasteiger partial charge in [-0.1, -0.05) is 6.07 Å². The van der Waals surface area contributed by atoms with Gasteiger partial charge in [0.15, 0.2) is 0 Å². The molecular formula is C24H21F3N6O2. The summed E-state index contributed by atoms with van der Waals surface area (Å²) in [6.07, 6.45) is -3.13. The van der Waals surface area contributed by atoms with Gasteiger partial charge in [0.1, 0.15) is 5.57 Å². The zero-order valence-corrected chi connectivity index (χ0v) is 18.8. The SMILES string of the molecule is CCNC(=O)/C(C(=O)Nc1cccc(C(F)(F)F)c1)=C(/NC)c1ccnn1-c1ccc(C#N)cc1. The van der Waals surface area contributed by atoms with E-state index in [0.717, 1.165) is 18.2 Å². The van der Waals surface area contributed by atoms with Gasteiger partial charge in [0.05, 0.1) is 40.5 Å². The van der Waals surface area contributed by atoms with Crippen LogP contribution in [-0.2, 0) is 15.8 Å². The largest absolute Gasteiger partial charge is 0.416 e. The van der Waals surface area contributed by atoms with Gasteiger partial charge < -0.3 is 16.0 Å². The molecule has 0 unspecified atom stereocenters. The molecular weight excluding hydrogens is 461 g/mol. The van der Waals surface area contributed by atoms with E-state index in [1.165, 1.54) is 24.0 Å². The third kappa shape index (κ3) is 5.67. The second-order valence-corrected chi connectivity index (χ2v) is 7.18. The molecule has 0 aliphatic carbocycles. The van der Waals surface area contributed by atoms with Crippen molar-refractivity contribution < 1.29 is 22.8 Å². The fourth-order valence-electron chi connectivity index (χ4n) is 3.30. The van der Waals surface area contributed by atoms with Crippen molar-refractivity contribution in [3.05, 3.63) is 83.2 Å². The molecule has 3 rings (SSSR count). The van der Waals surface area contributed by atoms with Crippen LogP contribution in [0.5, 0.6) is 0 Å². The van der Waals surface area contributed by atoms with Gasteiger partial charge in [0, 0.05) is 19.3 Å². The molecule has 1 aromatic heterocycles. The van der Waals surface area contributed by atoms with Crippen molar-refractivity contribution in [2.45, 2.75) is 13.1 Å². The monoisotopic (exact) mass is 482 g/mol. The van der Waals surface area contributed by atoms with Crippen LogP contribution in [0, 0.1) is 11.3 Å². The summed E-state index contributed by atoms with van der Waals surface area (Å²) in [5.74, 6) is -1.64. The average molecular weight is 482 g/mol. The summed E-state index contributed by atoms with van der Waals surface area (Å²) in [5, 5.41) is 21.1. The lowest BCUT2D eigenvalue weighted by Crippen LogP contribution is -2.34. The van der Waals surface area contributed by atoms with Gasteiger partial charge in [0.25, 0.3) is 11.8 Å². The lowest BCUT2D eigenvalue weighted by Gasteiger charge is -2.17. The molecule has 2 amide bonds. The summed E-state index contributed by atoms with van der Waals surface area (Å²) in [6.45, 7) is 1.88. The zero-order valence-electron chi connectivity index (χ0n) is 18.8. The van der Waals surface area contributed by atoms with E-state index in [1.54, 1.807) is 37.3 Å². The Morgan fingerprint density at radius 2 is 1.80 bits per heavy atom. The van der Waals surface area contributed by atoms with E-state index < -0.39 is 23.6 Å². The van der Waals surface area contributed by atoms with Crippen molar-refractivity contribution in [1.82, 2.24) is 20.4 Å². The lowest BCUT2D eigenvalue weighted by molar-refractivity contribution is -0.137. The summed E-state index contributed by atoms with van der Waals surface area (Å²) >= 11 is 0. The first kappa shape index (κ1) is 25.0. The first-order chi connectivity index (χ1) is 16.7. The second kappa shape index (κ2) is 10.6. The molecule has 0 aliphatic rings. The maximum absolute atomic E-state index is 13.2. The highest BCUT2D eigenvalue weighted by Crippen LogP contribution is 2.31. The summed E-state index contributed by atoms with van der Waals surface area (Å²) < 4.78 is 40.7. The number of aromatic nitrogens is 2. The van der Waals surface area contributed by atoms with E-state index in [4.69, 9.17) is 5.26 Å². The van der Waals surface area contributed by atoms with Gasteiger partial charge in [-0.05, 0) is 55.5 Å². The number of halogens is 3. The zero-order chi connectivity index (χ0) is 25.6. The molecule has 3 N–H and O–H groups in total. The third-order valence-corrected chi connectivity index (χ3v) is 4.88. The van der Waals surface area contributed by atoms with Crippen LogP contribution in [0.4, 0.5) is 18.9 Å². The number of likely N-dealkylation sites (N-methyl/N-ethyl adjacent to an activating group) is 1. The highest BCUT2D eigenvalue weighted by Gasteiger charge is 2.31. The smallest absolute Gasteiger partial charge is 0.386 e. The highest BCUT2D eigenvalue weighted by atomic mass is 19.4. The molecule has 0 spiro atoms. The normalized spacial score (nSPS) is 11.8. The predicted molar refractivity (Wildman–Crippen MR) is 123 cm³/mol. The summed E-state index contributed by atoms with van der Waals surface area (Å²) in [7, 11) is 1.50. The van der Waals surface area contributed by atoms with E-state index >= 15 is 0 Å². The maximum Gasteiger partial charge on any atom is 0.416 e. The van der Waals surface area contributed by atoms with Crippen LogP contribution in [0.3, 0.4) is 0 Å². The number of benzene rings is 2. The second-order valence-electron chi connectivity index (χ2n) is 7.18. The maximum atomic E-state index is 13.2. The minimum Gasteiger partial charge on any atom is -0.386 e. The Hall–Kier alpha value is -4.59. The van der Waals surface area contributed by atoms with Crippen molar-refractivity contribution in [2.75, 3.05) is 18.9 Å². The number of nitrogens with zero attached hydrogens (tertiary/aromatic N) is 3. The molecule has 0 aliphatic heterocycles. The number of amides is 2. The number of alkyl halides is 3. The van der Waals surface area contributed by atoms with Crippen molar-refractivity contribution >= 4 is 23.2 Å². The van der Waals surface area contributed by atoms with Gasteiger partial charge >= 0.3 is 6.18 Å². The molecule has 2 aromatic carbocycles. The Kier molecular flexibility index (Phi) is 7.56. The lowest BCUT2D eigenvalue weighted by atomic mass is 10.1. The fourth-order valence-corrected chi connectivity index (χ4v) is 3.30. The Balaban J connectivity index is 2.09. The molecule has 0 saturated carbocycles. The number of anilines is 1. The predicted octanol–water partition coefficient (Wildman–Crippen LogP) is 3.47. The van der Waals surface area contributed by atoms with Crippen LogP contribution in [0.15, 0.2) is 66.4 Å². The number of nitriles is 1. The minimum absolute atomic E-state index is 0.0993. The van der Waals surface area contributed by atoms with Gasteiger partial charge in [-0.25, -0.2) is 4.68 Å². The van der Waals surface area contributed by atoms with Crippen LogP contribution >= 0.6 is 0 Å². The fraction of sp³-hybridized carbons (Fsp3) is 0.167. The van der Waals surface area contributed by atoms with Gasteiger partial charge in [-0.15, -0.1) is 0 Å². The molecule has 0 radical (unpaired) electrons. The molecule has 0 saturated heterocycles. The van der Waals surface area contributed by atoms with E-state index in [0.29, 0.717) is 16.9 Å². The Labute approximate surface area is 199 Å². The van der Waals surface area contributed by atoms with E-state index in [1.807, 2.05) is 6.07 Å². The van der Waals surface area contributed by atoms with Crippen LogP contribution in [-0.4, -0.2) is 35.2 Å². The minimum atomic E-state index is -4.59. The topological polar surface area (TPSA) is 112 Å². The van der Waals surface area contributed by atoms with Crippen molar-refractivity contribution in [3.63, 3.8) is 0 Å². The van der Waals surface area contributed by atoms with E-state index in [9.17, 15) is 22.8 Å². The molecule has 8 nitrogen and oxygen atoms in total. The first-order valence-corrected chi connectivity index (χ1v) is 10.4. The standard InChI is InChI=1S/C24H21F3N6O2/c1-3-30-22(34)20(23(35)32-17-6-4-5-16(13-17)24(25,26)27)21(29-2)19-11-12-31-33(19)18-9-7-15(14-28)8-10-18/h4-13,29H,3H2,1-2H3,(H,30,34)(H,32,35)/b21-20-. The number of carbonyl (C=O) groups is 2. The van der Waals surface area contributed by atoms with Crippen molar-refractivity contribution in [2.24, 2.45) is 0 Å². The van der Waals surface area contributed by atoms with Crippen LogP contribution in [0.2, 0.25) is 0 Å². The first-order valence-electron chi connectivity index (χ1n) is 10.4. The van der Waals surface area contributed by atoms with E-state index in [2.05, 4.69) is 21.0 Å². The van der Waals surface area contributed by atoms with Crippen LogP contribution in [0.1, 0.15) is 23.7 Å². The number of hydrogen-bond acceptors (Lipinski definition) is 5.